The average molecular weight is 251 g/mol. The van der Waals surface area contributed by atoms with Gasteiger partial charge < -0.3 is 11.5 Å². The molecule has 1 atom stereocenters. The quantitative estimate of drug-likeness (QED) is 0.781. The Kier molecular flexibility index (Phi) is 3.46. The van der Waals surface area contributed by atoms with Gasteiger partial charge in [-0.05, 0) is 27.6 Å². The van der Waals surface area contributed by atoms with Crippen LogP contribution in [0.5, 0.6) is 0 Å². The van der Waals surface area contributed by atoms with Crippen LogP contribution >= 0.6 is 27.5 Å². The molecule has 0 aliphatic carbocycles. The van der Waals surface area contributed by atoms with Crippen molar-refractivity contribution >= 4 is 27.5 Å². The first-order chi connectivity index (χ1) is 5.66. The molecule has 0 aliphatic rings. The van der Waals surface area contributed by atoms with Gasteiger partial charge >= 0.3 is 0 Å². The molecule has 3 nitrogen and oxygen atoms in total. The maximum atomic E-state index is 5.76. The summed E-state index contributed by atoms with van der Waals surface area (Å²) in [7, 11) is 0. The van der Waals surface area contributed by atoms with Crippen LogP contribution in [0.3, 0.4) is 0 Å². The molecule has 0 saturated heterocycles. The first kappa shape index (κ1) is 9.92. The molecule has 4 N–H and O–H groups in total. The number of rotatable bonds is 2. The molecule has 0 bridgehead atoms. The van der Waals surface area contributed by atoms with Gasteiger partial charge in [0.25, 0.3) is 0 Å². The Labute approximate surface area is 84.2 Å². The van der Waals surface area contributed by atoms with E-state index in [4.69, 9.17) is 23.1 Å². The summed E-state index contributed by atoms with van der Waals surface area (Å²) in [6, 6.07) is 1.60. The van der Waals surface area contributed by atoms with Crippen LogP contribution in [-0.4, -0.2) is 11.5 Å². The van der Waals surface area contributed by atoms with Crippen LogP contribution < -0.4 is 11.5 Å². The molecule has 1 heterocycles. The molecule has 0 unspecified atom stereocenters. The van der Waals surface area contributed by atoms with Crippen LogP contribution in [0.4, 0.5) is 0 Å². The number of aromatic nitrogens is 1. The predicted octanol–water partition coefficient (Wildman–Crippen LogP) is 1.46. The van der Waals surface area contributed by atoms with E-state index in [2.05, 4.69) is 20.9 Å². The van der Waals surface area contributed by atoms with E-state index in [1.807, 2.05) is 0 Å². The molecule has 66 valence electrons. The zero-order valence-corrected chi connectivity index (χ0v) is 8.64. The van der Waals surface area contributed by atoms with Crippen molar-refractivity contribution in [3.05, 3.63) is 27.5 Å². The number of halogens is 2. The van der Waals surface area contributed by atoms with Crippen molar-refractivity contribution in [1.82, 2.24) is 4.98 Å². The second-order valence-corrected chi connectivity index (χ2v) is 3.50. The minimum Gasteiger partial charge on any atom is -0.329 e. The summed E-state index contributed by atoms with van der Waals surface area (Å²) in [4.78, 5) is 3.88. The lowest BCUT2D eigenvalue weighted by atomic mass is 10.1. The molecule has 1 rings (SSSR count). The summed E-state index contributed by atoms with van der Waals surface area (Å²) < 4.78 is 0.726. The Morgan fingerprint density at radius 2 is 2.33 bits per heavy atom. The van der Waals surface area contributed by atoms with Crippen LogP contribution in [0.25, 0.3) is 0 Å². The molecular weight excluding hydrogens is 241 g/mol. The highest BCUT2D eigenvalue weighted by Crippen LogP contribution is 2.26. The van der Waals surface area contributed by atoms with E-state index in [0.717, 1.165) is 10.0 Å². The molecule has 0 aromatic carbocycles. The van der Waals surface area contributed by atoms with Crippen molar-refractivity contribution in [2.45, 2.75) is 6.04 Å². The Balaban J connectivity index is 3.07. The van der Waals surface area contributed by atoms with Gasteiger partial charge in [0.2, 0.25) is 0 Å². The normalized spacial score (nSPS) is 13.0. The summed E-state index contributed by atoms with van der Waals surface area (Å²) in [5.74, 6) is 0. The minimum absolute atomic E-state index is 0.195. The number of hydrogen-bond acceptors (Lipinski definition) is 3. The maximum Gasteiger partial charge on any atom is 0.143 e. The Morgan fingerprint density at radius 3 is 2.92 bits per heavy atom. The van der Waals surface area contributed by atoms with E-state index in [1.165, 1.54) is 0 Å². The number of nitrogens with two attached hydrogens (primary N) is 2. The van der Waals surface area contributed by atoms with Crippen LogP contribution in [0.15, 0.2) is 16.7 Å². The lowest BCUT2D eigenvalue weighted by Crippen LogP contribution is -2.21. The molecule has 5 heteroatoms. The minimum atomic E-state index is -0.195. The number of nitrogens with zero attached hydrogens (tertiary/aromatic N) is 1. The molecule has 0 radical (unpaired) electrons. The van der Waals surface area contributed by atoms with Crippen LogP contribution in [0.1, 0.15) is 11.6 Å². The lowest BCUT2D eigenvalue weighted by Gasteiger charge is -2.10. The largest absolute Gasteiger partial charge is 0.329 e. The topological polar surface area (TPSA) is 64.9 Å². The zero-order chi connectivity index (χ0) is 9.14. The average Bonchev–Trinajstić information content (AvgIpc) is 2.08. The summed E-state index contributed by atoms with van der Waals surface area (Å²) >= 11 is 9.05. The maximum absolute atomic E-state index is 5.76. The molecule has 0 fully saturated rings. The van der Waals surface area contributed by atoms with E-state index in [1.54, 1.807) is 12.3 Å². The fourth-order valence-corrected chi connectivity index (χ4v) is 1.54. The van der Waals surface area contributed by atoms with Crippen molar-refractivity contribution in [2.75, 3.05) is 6.54 Å². The molecular formula is C7H9BrClN3. The van der Waals surface area contributed by atoms with Crippen molar-refractivity contribution in [1.29, 1.82) is 0 Å². The van der Waals surface area contributed by atoms with Crippen LogP contribution in [-0.2, 0) is 0 Å². The smallest absolute Gasteiger partial charge is 0.143 e. The standard InChI is InChI=1S/C7H9BrClN3/c8-6-4(5(11)3-10)1-2-12-7(6)9/h1-2,5H,3,10-11H2/t5-/m0/s1. The van der Waals surface area contributed by atoms with Crippen LogP contribution in [0, 0.1) is 0 Å². The monoisotopic (exact) mass is 249 g/mol. The molecule has 0 spiro atoms. The second kappa shape index (κ2) is 4.18. The van der Waals surface area contributed by atoms with Crippen molar-refractivity contribution in [2.24, 2.45) is 11.5 Å². The SMILES string of the molecule is NC[C@H](N)c1ccnc(Cl)c1Br. The van der Waals surface area contributed by atoms with E-state index in [0.29, 0.717) is 11.7 Å². The highest BCUT2D eigenvalue weighted by Gasteiger charge is 2.10. The van der Waals surface area contributed by atoms with Gasteiger partial charge in [-0.1, -0.05) is 11.6 Å². The van der Waals surface area contributed by atoms with Gasteiger partial charge in [-0.3, -0.25) is 0 Å². The first-order valence-corrected chi connectivity index (χ1v) is 4.59. The molecule has 0 aliphatic heterocycles. The predicted molar refractivity (Wildman–Crippen MR) is 52.9 cm³/mol. The number of pyridine rings is 1. The Hall–Kier alpha value is -0.160. The third-order valence-electron chi connectivity index (χ3n) is 1.53. The van der Waals surface area contributed by atoms with Gasteiger partial charge in [-0.25, -0.2) is 4.98 Å². The first-order valence-electron chi connectivity index (χ1n) is 3.42. The van der Waals surface area contributed by atoms with Gasteiger partial charge in [0, 0.05) is 18.8 Å². The summed E-state index contributed by atoms with van der Waals surface area (Å²) in [5, 5.41) is 0.413. The molecule has 0 saturated carbocycles. The third-order valence-corrected chi connectivity index (χ3v) is 2.88. The Bertz CT molecular complexity index is 279. The summed E-state index contributed by atoms with van der Waals surface area (Å²) in [6.07, 6.45) is 1.61. The van der Waals surface area contributed by atoms with E-state index >= 15 is 0 Å². The van der Waals surface area contributed by atoms with Gasteiger partial charge in [-0.2, -0.15) is 0 Å². The van der Waals surface area contributed by atoms with Gasteiger partial charge in [0.15, 0.2) is 0 Å². The highest BCUT2D eigenvalue weighted by molar-refractivity contribution is 9.10. The number of hydrogen-bond donors (Lipinski definition) is 2. The highest BCUT2D eigenvalue weighted by atomic mass is 79.9. The third kappa shape index (κ3) is 1.95. The molecule has 1 aromatic heterocycles. The molecule has 1 aromatic rings. The lowest BCUT2D eigenvalue weighted by molar-refractivity contribution is 0.732. The summed E-state index contributed by atoms with van der Waals surface area (Å²) in [5.41, 5.74) is 12.0. The van der Waals surface area contributed by atoms with Crippen molar-refractivity contribution in [3.8, 4) is 0 Å². The van der Waals surface area contributed by atoms with Crippen molar-refractivity contribution in [3.63, 3.8) is 0 Å². The Morgan fingerprint density at radius 1 is 1.67 bits per heavy atom. The van der Waals surface area contributed by atoms with Gasteiger partial charge in [0.05, 0.1) is 4.47 Å². The fourth-order valence-electron chi connectivity index (χ4n) is 0.845. The van der Waals surface area contributed by atoms with Crippen molar-refractivity contribution < 1.29 is 0 Å². The van der Waals surface area contributed by atoms with Gasteiger partial charge in [0.1, 0.15) is 5.15 Å². The van der Waals surface area contributed by atoms with E-state index in [-0.39, 0.29) is 6.04 Å². The van der Waals surface area contributed by atoms with E-state index in [9.17, 15) is 0 Å². The zero-order valence-electron chi connectivity index (χ0n) is 6.30. The van der Waals surface area contributed by atoms with Crippen LogP contribution in [0.2, 0.25) is 5.15 Å². The van der Waals surface area contributed by atoms with Gasteiger partial charge in [-0.15, -0.1) is 0 Å². The second-order valence-electron chi connectivity index (χ2n) is 2.35. The molecule has 12 heavy (non-hydrogen) atoms. The van der Waals surface area contributed by atoms with E-state index < -0.39 is 0 Å². The summed E-state index contributed by atoms with van der Waals surface area (Å²) in [6.45, 7) is 0.388. The fraction of sp³-hybridized carbons (Fsp3) is 0.286. The molecule has 0 amide bonds.